The highest BCUT2D eigenvalue weighted by atomic mass is 16.2. The minimum absolute atomic E-state index is 0.185. The summed E-state index contributed by atoms with van der Waals surface area (Å²) in [5, 5.41) is 1.03. The van der Waals surface area contributed by atoms with Gasteiger partial charge in [0.15, 0.2) is 0 Å². The predicted molar refractivity (Wildman–Crippen MR) is 72.6 cm³/mol. The first kappa shape index (κ1) is 11.3. The van der Waals surface area contributed by atoms with Gasteiger partial charge in [0.25, 0.3) is 5.91 Å². The minimum Gasteiger partial charge on any atom is -0.361 e. The summed E-state index contributed by atoms with van der Waals surface area (Å²) < 4.78 is 0. The van der Waals surface area contributed by atoms with E-state index >= 15 is 0 Å². The SMILES string of the molecule is CCCN(C(=O)c1cccc2[nH]ccc12)C1CC1. The molecule has 0 unspecified atom stereocenters. The van der Waals surface area contributed by atoms with Gasteiger partial charge in [-0.2, -0.15) is 0 Å². The Kier molecular flexibility index (Phi) is 2.82. The third kappa shape index (κ3) is 1.90. The Morgan fingerprint density at radius 1 is 1.39 bits per heavy atom. The molecule has 0 atom stereocenters. The molecular formula is C15H18N2O. The lowest BCUT2D eigenvalue weighted by Crippen LogP contribution is -2.33. The lowest BCUT2D eigenvalue weighted by Gasteiger charge is -2.22. The molecule has 1 aliphatic rings. The zero-order valence-corrected chi connectivity index (χ0v) is 10.6. The monoisotopic (exact) mass is 242 g/mol. The number of nitrogens with zero attached hydrogens (tertiary/aromatic N) is 1. The second kappa shape index (κ2) is 4.48. The van der Waals surface area contributed by atoms with Gasteiger partial charge in [-0.15, -0.1) is 0 Å². The molecule has 1 saturated carbocycles. The summed E-state index contributed by atoms with van der Waals surface area (Å²) in [6, 6.07) is 8.35. The van der Waals surface area contributed by atoms with Gasteiger partial charge in [0, 0.05) is 35.2 Å². The third-order valence-electron chi connectivity index (χ3n) is 3.54. The second-order valence-corrected chi connectivity index (χ2v) is 4.97. The number of aromatic nitrogens is 1. The van der Waals surface area contributed by atoms with Gasteiger partial charge < -0.3 is 9.88 Å². The zero-order chi connectivity index (χ0) is 12.5. The van der Waals surface area contributed by atoms with Crippen molar-refractivity contribution in [3.05, 3.63) is 36.0 Å². The number of H-pyrrole nitrogens is 1. The van der Waals surface area contributed by atoms with Crippen LogP contribution >= 0.6 is 0 Å². The molecule has 18 heavy (non-hydrogen) atoms. The van der Waals surface area contributed by atoms with Crippen LogP contribution in [0.25, 0.3) is 10.9 Å². The van der Waals surface area contributed by atoms with Gasteiger partial charge in [-0.3, -0.25) is 4.79 Å². The van der Waals surface area contributed by atoms with E-state index in [4.69, 9.17) is 0 Å². The molecule has 3 nitrogen and oxygen atoms in total. The molecule has 2 aromatic rings. The molecule has 0 saturated heterocycles. The first-order valence-corrected chi connectivity index (χ1v) is 6.68. The summed E-state index contributed by atoms with van der Waals surface area (Å²) in [5.41, 5.74) is 1.86. The van der Waals surface area contributed by atoms with Crippen LogP contribution in [0.1, 0.15) is 36.5 Å². The topological polar surface area (TPSA) is 36.1 Å². The van der Waals surface area contributed by atoms with Gasteiger partial charge in [-0.25, -0.2) is 0 Å². The van der Waals surface area contributed by atoms with Crippen LogP contribution in [0.4, 0.5) is 0 Å². The van der Waals surface area contributed by atoms with Crippen LogP contribution in [0.5, 0.6) is 0 Å². The van der Waals surface area contributed by atoms with Gasteiger partial charge in [0.05, 0.1) is 0 Å². The van der Waals surface area contributed by atoms with Crippen LogP contribution < -0.4 is 0 Å². The largest absolute Gasteiger partial charge is 0.361 e. The number of hydrogen-bond acceptors (Lipinski definition) is 1. The van der Waals surface area contributed by atoms with Crippen molar-refractivity contribution in [3.8, 4) is 0 Å². The molecule has 1 fully saturated rings. The number of hydrogen-bond donors (Lipinski definition) is 1. The average molecular weight is 242 g/mol. The predicted octanol–water partition coefficient (Wildman–Crippen LogP) is 3.18. The fourth-order valence-electron chi connectivity index (χ4n) is 2.50. The molecule has 1 aliphatic carbocycles. The highest BCUT2D eigenvalue weighted by molar-refractivity contribution is 6.06. The van der Waals surface area contributed by atoms with E-state index in [0.717, 1.165) is 42.3 Å². The quantitative estimate of drug-likeness (QED) is 0.878. The number of rotatable bonds is 4. The molecule has 1 amide bonds. The number of carbonyl (C=O) groups is 1. The number of fused-ring (bicyclic) bond motifs is 1. The van der Waals surface area contributed by atoms with Gasteiger partial charge in [-0.05, 0) is 37.5 Å². The van der Waals surface area contributed by atoms with Crippen LogP contribution in [0.15, 0.2) is 30.5 Å². The Labute approximate surface area is 107 Å². The standard InChI is InChI=1S/C15H18N2O/c1-2-10-17(11-6-7-11)15(18)13-4-3-5-14-12(13)8-9-16-14/h3-5,8-9,11,16H,2,6-7,10H2,1H3. The van der Waals surface area contributed by atoms with Gasteiger partial charge in [0.1, 0.15) is 0 Å². The minimum atomic E-state index is 0.185. The molecule has 3 rings (SSSR count). The van der Waals surface area contributed by atoms with Gasteiger partial charge in [0.2, 0.25) is 0 Å². The Morgan fingerprint density at radius 2 is 2.22 bits per heavy atom. The summed E-state index contributed by atoms with van der Waals surface area (Å²) in [6.45, 7) is 2.99. The number of amides is 1. The maximum Gasteiger partial charge on any atom is 0.254 e. The lowest BCUT2D eigenvalue weighted by atomic mass is 10.1. The molecule has 0 spiro atoms. The van der Waals surface area contributed by atoms with Crippen LogP contribution in [0, 0.1) is 0 Å². The van der Waals surface area contributed by atoms with Crippen LogP contribution in [0.3, 0.4) is 0 Å². The van der Waals surface area contributed by atoms with Crippen molar-refractivity contribution in [1.82, 2.24) is 9.88 Å². The number of benzene rings is 1. The van der Waals surface area contributed by atoms with E-state index in [-0.39, 0.29) is 5.91 Å². The van der Waals surface area contributed by atoms with Gasteiger partial charge >= 0.3 is 0 Å². The van der Waals surface area contributed by atoms with Crippen molar-refractivity contribution in [3.63, 3.8) is 0 Å². The summed E-state index contributed by atoms with van der Waals surface area (Å²) in [7, 11) is 0. The Balaban J connectivity index is 1.97. The molecule has 1 N–H and O–H groups in total. The zero-order valence-electron chi connectivity index (χ0n) is 10.6. The van der Waals surface area contributed by atoms with E-state index in [1.54, 1.807) is 0 Å². The summed E-state index contributed by atoms with van der Waals surface area (Å²) >= 11 is 0. The van der Waals surface area contributed by atoms with Crippen LogP contribution in [0.2, 0.25) is 0 Å². The number of carbonyl (C=O) groups excluding carboxylic acids is 1. The van der Waals surface area contributed by atoms with Crippen molar-refractivity contribution in [1.29, 1.82) is 0 Å². The smallest absolute Gasteiger partial charge is 0.254 e. The van der Waals surface area contributed by atoms with Crippen molar-refractivity contribution in [2.45, 2.75) is 32.2 Å². The fourth-order valence-corrected chi connectivity index (χ4v) is 2.50. The molecule has 3 heteroatoms. The van der Waals surface area contributed by atoms with E-state index in [2.05, 4.69) is 11.9 Å². The molecule has 1 aromatic heterocycles. The molecule has 1 heterocycles. The van der Waals surface area contributed by atoms with Crippen LogP contribution in [-0.2, 0) is 0 Å². The van der Waals surface area contributed by atoms with E-state index in [0.29, 0.717) is 6.04 Å². The highest BCUT2D eigenvalue weighted by Gasteiger charge is 2.32. The molecule has 1 aromatic carbocycles. The molecule has 0 bridgehead atoms. The maximum absolute atomic E-state index is 12.6. The second-order valence-electron chi connectivity index (χ2n) is 4.97. The van der Waals surface area contributed by atoms with Crippen molar-refractivity contribution < 1.29 is 4.79 Å². The molecule has 0 aliphatic heterocycles. The first-order chi connectivity index (χ1) is 8.81. The summed E-state index contributed by atoms with van der Waals surface area (Å²) in [5.74, 6) is 0.185. The van der Waals surface area contributed by atoms with E-state index in [1.807, 2.05) is 35.4 Å². The van der Waals surface area contributed by atoms with E-state index in [9.17, 15) is 4.79 Å². The van der Waals surface area contributed by atoms with Crippen molar-refractivity contribution >= 4 is 16.8 Å². The van der Waals surface area contributed by atoms with E-state index in [1.165, 1.54) is 0 Å². The number of aromatic amines is 1. The normalized spacial score (nSPS) is 14.9. The average Bonchev–Trinajstić information content (AvgIpc) is 3.11. The Morgan fingerprint density at radius 3 is 2.94 bits per heavy atom. The van der Waals surface area contributed by atoms with E-state index < -0.39 is 0 Å². The number of nitrogens with one attached hydrogen (secondary N) is 1. The molecular weight excluding hydrogens is 224 g/mol. The van der Waals surface area contributed by atoms with Crippen molar-refractivity contribution in [2.24, 2.45) is 0 Å². The summed E-state index contributed by atoms with van der Waals surface area (Å²) in [4.78, 5) is 17.8. The van der Waals surface area contributed by atoms with Crippen LogP contribution in [-0.4, -0.2) is 28.4 Å². The first-order valence-electron chi connectivity index (χ1n) is 6.68. The van der Waals surface area contributed by atoms with Crippen molar-refractivity contribution in [2.75, 3.05) is 6.54 Å². The molecule has 94 valence electrons. The fraction of sp³-hybridized carbons (Fsp3) is 0.400. The lowest BCUT2D eigenvalue weighted by molar-refractivity contribution is 0.0745. The third-order valence-corrected chi connectivity index (χ3v) is 3.54. The molecule has 0 radical (unpaired) electrons. The summed E-state index contributed by atoms with van der Waals surface area (Å²) in [6.07, 6.45) is 5.23. The van der Waals surface area contributed by atoms with Gasteiger partial charge in [-0.1, -0.05) is 13.0 Å². The Hall–Kier alpha value is -1.77. The highest BCUT2D eigenvalue weighted by Crippen LogP contribution is 2.29. The Bertz CT molecular complexity index is 569. The maximum atomic E-state index is 12.6.